The van der Waals surface area contributed by atoms with Gasteiger partial charge in [-0.2, -0.15) is 17.0 Å². The summed E-state index contributed by atoms with van der Waals surface area (Å²) in [6, 6.07) is 9.76. The highest BCUT2D eigenvalue weighted by molar-refractivity contribution is 7.86. The molecule has 0 bridgehead atoms. The smallest absolute Gasteiger partial charge is 0.281 e. The Balaban J connectivity index is 1.89. The molecule has 6 nitrogen and oxygen atoms in total. The van der Waals surface area contributed by atoms with E-state index in [4.69, 9.17) is 0 Å². The maximum atomic E-state index is 12.4. The van der Waals surface area contributed by atoms with E-state index < -0.39 is 10.2 Å². The molecule has 1 unspecified atom stereocenters. The number of nitrogens with zero attached hydrogens (tertiary/aromatic N) is 2. The van der Waals surface area contributed by atoms with Crippen LogP contribution in [-0.2, 0) is 15.0 Å². The van der Waals surface area contributed by atoms with Gasteiger partial charge in [0.1, 0.15) is 0 Å². The first-order valence-corrected chi connectivity index (χ1v) is 9.25. The van der Waals surface area contributed by atoms with E-state index in [2.05, 4.69) is 5.32 Å². The first-order valence-electron chi connectivity index (χ1n) is 7.85. The summed E-state index contributed by atoms with van der Waals surface area (Å²) in [5.41, 5.74) is 1.06. The normalized spacial score (nSPS) is 18.8. The zero-order valence-corrected chi connectivity index (χ0v) is 14.7. The molecule has 1 heterocycles. The topological polar surface area (TPSA) is 69.7 Å². The fourth-order valence-electron chi connectivity index (χ4n) is 2.74. The number of piperidine rings is 1. The van der Waals surface area contributed by atoms with Gasteiger partial charge >= 0.3 is 0 Å². The zero-order valence-electron chi connectivity index (χ0n) is 13.9. The first kappa shape index (κ1) is 17.9. The summed E-state index contributed by atoms with van der Waals surface area (Å²) in [6.07, 6.45) is 1.11. The SMILES string of the molecule is CC(NC(=O)C1CCN(S(=O)(=O)N(C)C)CC1)c1ccccc1. The molecular formula is C16H25N3O3S. The molecule has 1 aromatic carbocycles. The maximum Gasteiger partial charge on any atom is 0.281 e. The number of hydrogen-bond donors (Lipinski definition) is 1. The fourth-order valence-corrected chi connectivity index (χ4v) is 3.87. The van der Waals surface area contributed by atoms with Crippen LogP contribution in [0.5, 0.6) is 0 Å². The highest BCUT2D eigenvalue weighted by Crippen LogP contribution is 2.22. The van der Waals surface area contributed by atoms with Gasteiger partial charge < -0.3 is 5.32 Å². The van der Waals surface area contributed by atoms with Gasteiger partial charge in [-0.3, -0.25) is 4.79 Å². The van der Waals surface area contributed by atoms with Crippen molar-refractivity contribution >= 4 is 16.1 Å². The van der Waals surface area contributed by atoms with Crippen LogP contribution in [0.4, 0.5) is 0 Å². The highest BCUT2D eigenvalue weighted by Gasteiger charge is 2.32. The first-order chi connectivity index (χ1) is 10.8. The van der Waals surface area contributed by atoms with Gasteiger partial charge in [0.25, 0.3) is 10.2 Å². The third-order valence-corrected chi connectivity index (χ3v) is 6.21. The third kappa shape index (κ3) is 4.31. The molecule has 1 N–H and O–H groups in total. The molecule has 23 heavy (non-hydrogen) atoms. The van der Waals surface area contributed by atoms with Crippen molar-refractivity contribution in [3.63, 3.8) is 0 Å². The van der Waals surface area contributed by atoms with Crippen LogP contribution < -0.4 is 5.32 Å². The van der Waals surface area contributed by atoms with Crippen LogP contribution in [0.25, 0.3) is 0 Å². The van der Waals surface area contributed by atoms with Crippen LogP contribution in [0.2, 0.25) is 0 Å². The summed E-state index contributed by atoms with van der Waals surface area (Å²) >= 11 is 0. The van der Waals surface area contributed by atoms with Crippen molar-refractivity contribution in [3.05, 3.63) is 35.9 Å². The minimum absolute atomic E-state index is 0.00301. The predicted molar refractivity (Wildman–Crippen MR) is 89.9 cm³/mol. The number of amides is 1. The van der Waals surface area contributed by atoms with Gasteiger partial charge in [0.05, 0.1) is 6.04 Å². The predicted octanol–water partition coefficient (Wildman–Crippen LogP) is 1.38. The second-order valence-corrected chi connectivity index (χ2v) is 8.25. The van der Waals surface area contributed by atoms with Gasteiger partial charge in [0, 0.05) is 33.1 Å². The molecule has 1 aliphatic heterocycles. The van der Waals surface area contributed by atoms with Crippen LogP contribution in [0.15, 0.2) is 30.3 Å². The standard InChI is InChI=1S/C16H25N3O3S/c1-13(14-7-5-4-6-8-14)17-16(20)15-9-11-19(12-10-15)23(21,22)18(2)3/h4-8,13,15H,9-12H2,1-3H3,(H,17,20). The van der Waals surface area contributed by atoms with E-state index in [0.717, 1.165) is 5.56 Å². The molecular weight excluding hydrogens is 314 g/mol. The van der Waals surface area contributed by atoms with Gasteiger partial charge in [-0.15, -0.1) is 0 Å². The summed E-state index contributed by atoms with van der Waals surface area (Å²) in [7, 11) is -0.333. The van der Waals surface area contributed by atoms with Gasteiger partial charge in [0.15, 0.2) is 0 Å². The van der Waals surface area contributed by atoms with Crippen LogP contribution in [0.3, 0.4) is 0 Å². The van der Waals surface area contributed by atoms with E-state index in [-0.39, 0.29) is 17.9 Å². The van der Waals surface area contributed by atoms with Crippen LogP contribution >= 0.6 is 0 Å². The van der Waals surface area contributed by atoms with E-state index in [0.29, 0.717) is 25.9 Å². The number of carbonyl (C=O) groups is 1. The number of nitrogens with one attached hydrogen (secondary N) is 1. The average Bonchev–Trinajstić information content (AvgIpc) is 2.55. The van der Waals surface area contributed by atoms with Crippen molar-refractivity contribution in [2.45, 2.75) is 25.8 Å². The van der Waals surface area contributed by atoms with Gasteiger partial charge in [-0.1, -0.05) is 30.3 Å². The molecule has 1 fully saturated rings. The van der Waals surface area contributed by atoms with E-state index >= 15 is 0 Å². The second kappa shape index (κ2) is 7.42. The minimum Gasteiger partial charge on any atom is -0.349 e. The summed E-state index contributed by atoms with van der Waals surface area (Å²) in [5.74, 6) is -0.127. The fraction of sp³-hybridized carbons (Fsp3) is 0.562. The van der Waals surface area contributed by atoms with Crippen LogP contribution in [0.1, 0.15) is 31.4 Å². The molecule has 0 aromatic heterocycles. The van der Waals surface area contributed by atoms with Crippen molar-refractivity contribution in [2.24, 2.45) is 5.92 Å². The van der Waals surface area contributed by atoms with E-state index in [1.807, 2.05) is 37.3 Å². The lowest BCUT2D eigenvalue weighted by Gasteiger charge is -2.32. The number of benzene rings is 1. The molecule has 0 saturated carbocycles. The average molecular weight is 339 g/mol. The molecule has 0 spiro atoms. The molecule has 2 rings (SSSR count). The Labute approximate surface area is 138 Å². The molecule has 1 atom stereocenters. The van der Waals surface area contributed by atoms with Gasteiger partial charge in [-0.05, 0) is 25.3 Å². The van der Waals surface area contributed by atoms with Crippen LogP contribution in [0, 0.1) is 5.92 Å². The number of rotatable bonds is 5. The Bertz CT molecular complexity index is 623. The number of hydrogen-bond acceptors (Lipinski definition) is 3. The van der Waals surface area contributed by atoms with Gasteiger partial charge in [0.2, 0.25) is 5.91 Å². The van der Waals surface area contributed by atoms with Crippen molar-refractivity contribution in [3.8, 4) is 0 Å². The molecule has 0 aliphatic carbocycles. The summed E-state index contributed by atoms with van der Waals surface area (Å²) in [6.45, 7) is 2.73. The summed E-state index contributed by atoms with van der Waals surface area (Å²) in [5, 5.41) is 3.02. The monoisotopic (exact) mass is 339 g/mol. The molecule has 1 amide bonds. The Morgan fingerprint density at radius 1 is 1.22 bits per heavy atom. The lowest BCUT2D eigenvalue weighted by Crippen LogP contribution is -2.47. The second-order valence-electron chi connectivity index (χ2n) is 6.10. The molecule has 1 aliphatic rings. The molecule has 7 heteroatoms. The van der Waals surface area contributed by atoms with Crippen molar-refractivity contribution in [2.75, 3.05) is 27.2 Å². The molecule has 1 aromatic rings. The number of carbonyl (C=O) groups excluding carboxylic acids is 1. The van der Waals surface area contributed by atoms with Crippen molar-refractivity contribution < 1.29 is 13.2 Å². The highest BCUT2D eigenvalue weighted by atomic mass is 32.2. The van der Waals surface area contributed by atoms with Crippen molar-refractivity contribution in [1.82, 2.24) is 13.9 Å². The van der Waals surface area contributed by atoms with E-state index in [9.17, 15) is 13.2 Å². The third-order valence-electron chi connectivity index (χ3n) is 4.27. The summed E-state index contributed by atoms with van der Waals surface area (Å²) in [4.78, 5) is 12.4. The van der Waals surface area contributed by atoms with Crippen molar-refractivity contribution in [1.29, 1.82) is 0 Å². The van der Waals surface area contributed by atoms with E-state index in [1.54, 1.807) is 0 Å². The Kier molecular flexibility index (Phi) is 5.78. The molecule has 1 saturated heterocycles. The Hall–Kier alpha value is -1.44. The summed E-state index contributed by atoms with van der Waals surface area (Å²) < 4.78 is 26.8. The maximum absolute atomic E-state index is 12.4. The zero-order chi connectivity index (χ0) is 17.0. The van der Waals surface area contributed by atoms with Crippen LogP contribution in [-0.4, -0.2) is 50.1 Å². The quantitative estimate of drug-likeness (QED) is 0.881. The Morgan fingerprint density at radius 2 is 1.78 bits per heavy atom. The molecule has 128 valence electrons. The van der Waals surface area contributed by atoms with Gasteiger partial charge in [-0.25, -0.2) is 0 Å². The Morgan fingerprint density at radius 3 is 2.30 bits per heavy atom. The van der Waals surface area contributed by atoms with E-state index in [1.165, 1.54) is 22.7 Å². The molecule has 0 radical (unpaired) electrons. The minimum atomic E-state index is -3.38. The largest absolute Gasteiger partial charge is 0.349 e. The lowest BCUT2D eigenvalue weighted by atomic mass is 9.96. The lowest BCUT2D eigenvalue weighted by molar-refractivity contribution is -0.126.